The number of hydrogen-bond donors (Lipinski definition) is 1. The minimum Gasteiger partial charge on any atom is -0.368 e. The van der Waals surface area contributed by atoms with Crippen molar-refractivity contribution in [3.05, 3.63) is 66.0 Å². The first-order valence-corrected chi connectivity index (χ1v) is 12.6. The van der Waals surface area contributed by atoms with Gasteiger partial charge in [-0.3, -0.25) is 9.74 Å². The molecule has 194 valence electrons. The van der Waals surface area contributed by atoms with Crippen LogP contribution in [0.1, 0.15) is 36.4 Å². The van der Waals surface area contributed by atoms with Gasteiger partial charge in [0, 0.05) is 44.8 Å². The second-order valence-corrected chi connectivity index (χ2v) is 9.58. The van der Waals surface area contributed by atoms with Crippen LogP contribution in [0.5, 0.6) is 0 Å². The summed E-state index contributed by atoms with van der Waals surface area (Å²) in [7, 11) is 0. The van der Waals surface area contributed by atoms with Gasteiger partial charge in [-0.15, -0.1) is 0 Å². The van der Waals surface area contributed by atoms with E-state index >= 15 is 0 Å². The van der Waals surface area contributed by atoms with E-state index in [0.29, 0.717) is 18.8 Å². The van der Waals surface area contributed by atoms with Crippen LogP contribution < -0.4 is 15.3 Å². The van der Waals surface area contributed by atoms with Gasteiger partial charge in [-0.05, 0) is 30.5 Å². The third-order valence-electron chi connectivity index (χ3n) is 7.10. The Balaban J connectivity index is 1.20. The molecule has 8 nitrogen and oxygen atoms in total. The average Bonchev–Trinajstić information content (AvgIpc) is 3.65. The average molecular weight is 512 g/mol. The number of nitrogens with one attached hydrogen (secondary N) is 1. The van der Waals surface area contributed by atoms with Crippen LogP contribution in [0.25, 0.3) is 0 Å². The predicted octanol–water partition coefficient (Wildman–Crippen LogP) is 4.80. The summed E-state index contributed by atoms with van der Waals surface area (Å²) in [6.45, 7) is 4.30. The van der Waals surface area contributed by atoms with E-state index in [1.807, 2.05) is 36.4 Å². The summed E-state index contributed by atoms with van der Waals surface area (Å²) >= 11 is 0. The number of aromatic nitrogens is 3. The second kappa shape index (κ2) is 9.79. The van der Waals surface area contributed by atoms with Crippen LogP contribution in [0.3, 0.4) is 0 Å². The van der Waals surface area contributed by atoms with Crippen molar-refractivity contribution >= 4 is 23.3 Å². The highest BCUT2D eigenvalue weighted by Gasteiger charge is 2.40. The molecule has 4 heterocycles. The van der Waals surface area contributed by atoms with Crippen LogP contribution >= 0.6 is 0 Å². The number of hydrogen-bond acceptors (Lipinski definition) is 8. The van der Waals surface area contributed by atoms with Crippen LogP contribution in [0.15, 0.2) is 54.9 Å². The Hall–Kier alpha value is -3.44. The molecule has 0 bridgehead atoms. The number of hydroxylamine groups is 1. The van der Waals surface area contributed by atoms with Crippen molar-refractivity contribution in [2.24, 2.45) is 0 Å². The van der Waals surface area contributed by atoms with Gasteiger partial charge >= 0.3 is 6.18 Å². The van der Waals surface area contributed by atoms with Gasteiger partial charge in [-0.2, -0.15) is 18.2 Å². The van der Waals surface area contributed by atoms with Crippen molar-refractivity contribution in [2.45, 2.75) is 37.5 Å². The number of anilines is 4. The number of nitrogens with zero attached hydrogens (tertiary/aromatic N) is 6. The zero-order valence-corrected chi connectivity index (χ0v) is 20.2. The number of benzene rings is 1. The van der Waals surface area contributed by atoms with E-state index in [4.69, 9.17) is 4.84 Å². The summed E-state index contributed by atoms with van der Waals surface area (Å²) in [5.74, 6) is 0.151. The first-order valence-electron chi connectivity index (χ1n) is 12.6. The first kappa shape index (κ1) is 23.9. The monoisotopic (exact) mass is 511 g/mol. The third-order valence-corrected chi connectivity index (χ3v) is 7.10. The van der Waals surface area contributed by atoms with Gasteiger partial charge < -0.3 is 10.2 Å². The molecule has 1 atom stereocenters. The topological polar surface area (TPSA) is 69.7 Å². The van der Waals surface area contributed by atoms with Crippen LogP contribution in [0, 0.1) is 0 Å². The molecule has 0 amide bonds. The SMILES string of the molecule is FC(F)(F)c1cnc(Nc2ccc(N3CCN(C4CC4)CC3)cn2)nc1N1OCCC1c1ccccc1. The van der Waals surface area contributed by atoms with Crippen LogP contribution in [0.2, 0.25) is 0 Å². The molecule has 0 radical (unpaired) electrons. The van der Waals surface area contributed by atoms with E-state index in [9.17, 15) is 13.2 Å². The van der Waals surface area contributed by atoms with Gasteiger partial charge in [0.25, 0.3) is 0 Å². The van der Waals surface area contributed by atoms with E-state index in [1.54, 1.807) is 12.3 Å². The van der Waals surface area contributed by atoms with Crippen molar-refractivity contribution in [2.75, 3.05) is 48.1 Å². The lowest BCUT2D eigenvalue weighted by molar-refractivity contribution is -0.138. The summed E-state index contributed by atoms with van der Waals surface area (Å²) < 4.78 is 41.6. The number of halogens is 3. The lowest BCUT2D eigenvalue weighted by Crippen LogP contribution is -2.47. The fraction of sp³-hybridized carbons (Fsp3) is 0.423. The van der Waals surface area contributed by atoms with Crippen LogP contribution in [0.4, 0.5) is 36.4 Å². The number of alkyl halides is 3. The molecular weight excluding hydrogens is 483 g/mol. The highest BCUT2D eigenvalue weighted by Crippen LogP contribution is 2.41. The molecule has 0 spiro atoms. The molecule has 1 N–H and O–H groups in total. The molecule has 11 heteroatoms. The molecular formula is C26H28F3N7O. The smallest absolute Gasteiger partial charge is 0.368 e. The number of rotatable bonds is 6. The lowest BCUT2D eigenvalue weighted by Gasteiger charge is -2.36. The van der Waals surface area contributed by atoms with E-state index in [0.717, 1.165) is 49.7 Å². The summed E-state index contributed by atoms with van der Waals surface area (Å²) in [6.07, 6.45) is 1.10. The molecule has 2 saturated heterocycles. The molecule has 2 aliphatic heterocycles. The minimum atomic E-state index is -4.63. The molecule has 1 unspecified atom stereocenters. The molecule has 3 aliphatic rings. The lowest BCUT2D eigenvalue weighted by atomic mass is 10.0. The second-order valence-electron chi connectivity index (χ2n) is 9.58. The van der Waals surface area contributed by atoms with Gasteiger partial charge in [0.15, 0.2) is 5.82 Å². The minimum absolute atomic E-state index is 0.0172. The molecule has 6 rings (SSSR count). The fourth-order valence-corrected chi connectivity index (χ4v) is 5.00. The first-order chi connectivity index (χ1) is 18.0. The zero-order valence-electron chi connectivity index (χ0n) is 20.2. The maximum absolute atomic E-state index is 13.9. The molecule has 1 aromatic carbocycles. The molecule has 3 aromatic rings. The van der Waals surface area contributed by atoms with Crippen molar-refractivity contribution in [3.63, 3.8) is 0 Å². The van der Waals surface area contributed by atoms with E-state index in [2.05, 4.69) is 30.1 Å². The van der Waals surface area contributed by atoms with Crippen molar-refractivity contribution in [1.82, 2.24) is 19.9 Å². The molecule has 2 aromatic heterocycles. The van der Waals surface area contributed by atoms with E-state index in [-0.39, 0.29) is 17.8 Å². The van der Waals surface area contributed by atoms with E-state index < -0.39 is 11.7 Å². The standard InChI is InChI=1S/C26H28F3N7O/c27-26(28,29)21-17-31-25(33-24(21)36-22(10-15-37-36)18-4-2-1-3-5-18)32-23-9-8-20(16-30-23)35-13-11-34(12-14-35)19-6-7-19/h1-5,8-9,16-17,19,22H,6-7,10-15H2,(H,30,31,32,33). The summed E-state index contributed by atoms with van der Waals surface area (Å²) in [5, 5.41) is 4.20. The Morgan fingerprint density at radius 1 is 0.892 bits per heavy atom. The largest absolute Gasteiger partial charge is 0.421 e. The summed E-state index contributed by atoms with van der Waals surface area (Å²) in [6, 6.07) is 13.5. The maximum atomic E-state index is 13.9. The van der Waals surface area contributed by atoms with Gasteiger partial charge in [0.2, 0.25) is 5.95 Å². The van der Waals surface area contributed by atoms with Gasteiger partial charge in [0.1, 0.15) is 11.4 Å². The summed E-state index contributed by atoms with van der Waals surface area (Å²) in [5.41, 5.74) is 0.928. The Morgan fingerprint density at radius 2 is 1.68 bits per heavy atom. The van der Waals surface area contributed by atoms with Crippen molar-refractivity contribution in [1.29, 1.82) is 0 Å². The Morgan fingerprint density at radius 3 is 2.35 bits per heavy atom. The fourth-order valence-electron chi connectivity index (χ4n) is 5.00. The molecule has 37 heavy (non-hydrogen) atoms. The molecule has 1 saturated carbocycles. The van der Waals surface area contributed by atoms with Gasteiger partial charge in [0.05, 0.1) is 24.5 Å². The zero-order chi connectivity index (χ0) is 25.4. The predicted molar refractivity (Wildman–Crippen MR) is 134 cm³/mol. The Labute approximate surface area is 213 Å². The number of pyridine rings is 1. The van der Waals surface area contributed by atoms with Gasteiger partial charge in [-0.25, -0.2) is 15.0 Å². The highest BCUT2D eigenvalue weighted by molar-refractivity contribution is 5.57. The molecule has 3 fully saturated rings. The Kier molecular flexibility index (Phi) is 6.33. The maximum Gasteiger partial charge on any atom is 0.421 e. The highest BCUT2D eigenvalue weighted by atomic mass is 19.4. The van der Waals surface area contributed by atoms with Crippen molar-refractivity contribution < 1.29 is 18.0 Å². The van der Waals surface area contributed by atoms with E-state index in [1.165, 1.54) is 17.9 Å². The van der Waals surface area contributed by atoms with Crippen LogP contribution in [-0.2, 0) is 11.0 Å². The third kappa shape index (κ3) is 5.19. The van der Waals surface area contributed by atoms with Crippen LogP contribution in [-0.4, -0.2) is 58.7 Å². The normalized spacial score (nSPS) is 20.9. The quantitative estimate of drug-likeness (QED) is 0.506. The number of piperazine rings is 1. The molecule has 1 aliphatic carbocycles. The Bertz CT molecular complexity index is 1210. The van der Waals surface area contributed by atoms with Crippen molar-refractivity contribution in [3.8, 4) is 0 Å². The van der Waals surface area contributed by atoms with Gasteiger partial charge in [-0.1, -0.05) is 30.3 Å². The summed E-state index contributed by atoms with van der Waals surface area (Å²) in [4.78, 5) is 23.1.